The average Bonchev–Trinajstić information content (AvgIpc) is 2.40. The highest BCUT2D eigenvalue weighted by Gasteiger charge is 2.00. The van der Waals surface area contributed by atoms with Gasteiger partial charge >= 0.3 is 5.97 Å². The molecule has 0 aliphatic carbocycles. The van der Waals surface area contributed by atoms with Crippen molar-refractivity contribution in [2.24, 2.45) is 7.05 Å². The lowest BCUT2D eigenvalue weighted by atomic mass is 10.5. The lowest BCUT2D eigenvalue weighted by molar-refractivity contribution is -0.136. The summed E-state index contributed by atoms with van der Waals surface area (Å²) in [6.07, 6.45) is 4.00. The molecule has 1 unspecified atom stereocenters. The lowest BCUT2D eigenvalue weighted by Gasteiger charge is -1.88. The number of aryl methyl sites for hydroxylation is 1. The van der Waals surface area contributed by atoms with Crippen molar-refractivity contribution in [2.75, 3.05) is 0 Å². The first-order valence-electron chi connectivity index (χ1n) is 3.52. The van der Waals surface area contributed by atoms with Gasteiger partial charge in [-0.2, -0.15) is 12.6 Å². The van der Waals surface area contributed by atoms with Crippen LogP contribution in [0.5, 0.6) is 0 Å². The van der Waals surface area contributed by atoms with Gasteiger partial charge < -0.3 is 9.67 Å². The SMILES string of the molecule is CC(S)C(=O)O.Cn1cccc1. The highest BCUT2D eigenvalue weighted by molar-refractivity contribution is 7.81. The highest BCUT2D eigenvalue weighted by Crippen LogP contribution is 1.88. The van der Waals surface area contributed by atoms with Crippen LogP contribution in [0.1, 0.15) is 6.92 Å². The molecule has 0 radical (unpaired) electrons. The Morgan fingerprint density at radius 3 is 1.92 bits per heavy atom. The molecule has 1 aromatic rings. The van der Waals surface area contributed by atoms with Crippen molar-refractivity contribution in [3.05, 3.63) is 24.5 Å². The molecule has 0 spiro atoms. The van der Waals surface area contributed by atoms with Crippen molar-refractivity contribution < 1.29 is 9.90 Å². The number of aliphatic carboxylic acids is 1. The fourth-order valence-electron chi connectivity index (χ4n) is 0.421. The Labute approximate surface area is 77.4 Å². The standard InChI is InChI=1S/C5H7N.C3H6O2S/c1-6-4-2-3-5-6;1-2(6)3(4)5/h2-5H,1H3;2,6H,1H3,(H,4,5). The molecule has 68 valence electrons. The minimum atomic E-state index is -0.877. The number of carbonyl (C=O) groups is 1. The summed E-state index contributed by atoms with van der Waals surface area (Å²) in [5.74, 6) is -0.877. The topological polar surface area (TPSA) is 42.2 Å². The van der Waals surface area contributed by atoms with Crippen molar-refractivity contribution in [2.45, 2.75) is 12.2 Å². The van der Waals surface area contributed by atoms with E-state index in [-0.39, 0.29) is 0 Å². The molecule has 0 aliphatic heterocycles. The number of carboxylic acids is 1. The normalized spacial score (nSPS) is 11.2. The largest absolute Gasteiger partial charge is 0.480 e. The van der Waals surface area contributed by atoms with Gasteiger partial charge in [-0.15, -0.1) is 0 Å². The van der Waals surface area contributed by atoms with E-state index >= 15 is 0 Å². The molecule has 1 aromatic heterocycles. The van der Waals surface area contributed by atoms with Gasteiger partial charge in [0.2, 0.25) is 0 Å². The van der Waals surface area contributed by atoms with Crippen molar-refractivity contribution >= 4 is 18.6 Å². The third-order valence-corrected chi connectivity index (χ3v) is 1.33. The van der Waals surface area contributed by atoms with Crippen LogP contribution in [-0.4, -0.2) is 20.9 Å². The van der Waals surface area contributed by atoms with Crippen molar-refractivity contribution in [1.29, 1.82) is 0 Å². The Balaban J connectivity index is 0.000000202. The molecule has 0 aromatic carbocycles. The van der Waals surface area contributed by atoms with E-state index < -0.39 is 11.2 Å². The zero-order valence-corrected chi connectivity index (χ0v) is 8.03. The van der Waals surface area contributed by atoms with E-state index in [4.69, 9.17) is 5.11 Å². The Morgan fingerprint density at radius 1 is 1.50 bits per heavy atom. The van der Waals surface area contributed by atoms with Crippen LogP contribution in [-0.2, 0) is 11.8 Å². The second kappa shape index (κ2) is 5.71. The number of carboxylic acid groups (broad SMARTS) is 1. The van der Waals surface area contributed by atoms with Crippen molar-refractivity contribution in [1.82, 2.24) is 4.57 Å². The van der Waals surface area contributed by atoms with Crippen molar-refractivity contribution in [3.63, 3.8) is 0 Å². The summed E-state index contributed by atoms with van der Waals surface area (Å²) in [4.78, 5) is 9.62. The second-order valence-electron chi connectivity index (χ2n) is 2.36. The van der Waals surface area contributed by atoms with Gasteiger partial charge in [0.25, 0.3) is 0 Å². The Bertz CT molecular complexity index is 219. The summed E-state index contributed by atoms with van der Waals surface area (Å²) in [5, 5.41) is 7.38. The smallest absolute Gasteiger partial charge is 0.316 e. The first-order valence-corrected chi connectivity index (χ1v) is 4.03. The summed E-state index contributed by atoms with van der Waals surface area (Å²) >= 11 is 3.59. The van der Waals surface area contributed by atoms with Gasteiger partial charge in [0.05, 0.1) is 5.25 Å². The van der Waals surface area contributed by atoms with Crippen LogP contribution in [0.25, 0.3) is 0 Å². The fourth-order valence-corrected chi connectivity index (χ4v) is 0.421. The van der Waals surface area contributed by atoms with Crippen LogP contribution in [0.3, 0.4) is 0 Å². The van der Waals surface area contributed by atoms with Crippen LogP contribution in [0.15, 0.2) is 24.5 Å². The quantitative estimate of drug-likeness (QED) is 0.653. The zero-order valence-electron chi connectivity index (χ0n) is 7.14. The molecular weight excluding hydrogens is 174 g/mol. The molecule has 1 heterocycles. The highest BCUT2D eigenvalue weighted by atomic mass is 32.1. The second-order valence-corrected chi connectivity index (χ2v) is 3.14. The summed E-state index contributed by atoms with van der Waals surface area (Å²) in [7, 11) is 2.00. The van der Waals surface area contributed by atoms with E-state index in [2.05, 4.69) is 12.6 Å². The molecule has 0 saturated heterocycles. The molecule has 0 amide bonds. The molecule has 0 bridgehead atoms. The van der Waals surface area contributed by atoms with E-state index in [9.17, 15) is 4.79 Å². The minimum absolute atomic E-state index is 0.537. The van der Waals surface area contributed by atoms with Gasteiger partial charge in [-0.25, -0.2) is 0 Å². The molecule has 0 saturated carbocycles. The minimum Gasteiger partial charge on any atom is -0.480 e. The molecule has 1 atom stereocenters. The first-order chi connectivity index (χ1) is 5.54. The fraction of sp³-hybridized carbons (Fsp3) is 0.375. The Morgan fingerprint density at radius 2 is 1.83 bits per heavy atom. The average molecular weight is 187 g/mol. The zero-order chi connectivity index (χ0) is 9.56. The van der Waals surface area contributed by atoms with E-state index in [1.165, 1.54) is 6.92 Å². The molecular formula is C8H13NO2S. The number of aromatic nitrogens is 1. The molecule has 4 heteroatoms. The predicted octanol–water partition coefficient (Wildman–Crippen LogP) is 1.41. The summed E-state index contributed by atoms with van der Waals surface area (Å²) in [6, 6.07) is 4.00. The van der Waals surface area contributed by atoms with Crippen LogP contribution in [0.2, 0.25) is 0 Å². The molecule has 1 rings (SSSR count). The van der Waals surface area contributed by atoms with Gasteiger partial charge in [0.1, 0.15) is 0 Å². The number of nitrogens with zero attached hydrogens (tertiary/aromatic N) is 1. The Kier molecular flexibility index (Phi) is 5.28. The Hall–Kier alpha value is -0.900. The van der Waals surface area contributed by atoms with Gasteiger partial charge in [-0.05, 0) is 19.1 Å². The maximum atomic E-state index is 9.62. The predicted molar refractivity (Wildman–Crippen MR) is 51.5 cm³/mol. The van der Waals surface area contributed by atoms with E-state index in [0.717, 1.165) is 0 Å². The van der Waals surface area contributed by atoms with Crippen molar-refractivity contribution in [3.8, 4) is 0 Å². The monoisotopic (exact) mass is 187 g/mol. The number of thiol groups is 1. The molecule has 0 aliphatic rings. The van der Waals surface area contributed by atoms with E-state index in [1.54, 1.807) is 0 Å². The van der Waals surface area contributed by atoms with Crippen LogP contribution < -0.4 is 0 Å². The third kappa shape index (κ3) is 5.85. The van der Waals surface area contributed by atoms with Gasteiger partial charge in [-0.1, -0.05) is 0 Å². The summed E-state index contributed by atoms with van der Waals surface area (Å²) in [6.45, 7) is 1.51. The number of hydrogen-bond donors (Lipinski definition) is 2. The van der Waals surface area contributed by atoms with Crippen LogP contribution >= 0.6 is 12.6 Å². The third-order valence-electron chi connectivity index (χ3n) is 1.11. The lowest BCUT2D eigenvalue weighted by Crippen LogP contribution is -2.06. The molecule has 1 N–H and O–H groups in total. The van der Waals surface area contributed by atoms with Gasteiger partial charge in [-0.3, -0.25) is 4.79 Å². The molecule has 3 nitrogen and oxygen atoms in total. The van der Waals surface area contributed by atoms with E-state index in [1.807, 2.05) is 36.1 Å². The van der Waals surface area contributed by atoms with E-state index in [0.29, 0.717) is 0 Å². The van der Waals surface area contributed by atoms with Gasteiger partial charge in [0, 0.05) is 19.4 Å². The van der Waals surface area contributed by atoms with Gasteiger partial charge in [0.15, 0.2) is 0 Å². The maximum absolute atomic E-state index is 9.62. The van der Waals surface area contributed by atoms with Crippen LogP contribution in [0.4, 0.5) is 0 Å². The first kappa shape index (κ1) is 11.1. The summed E-state index contributed by atoms with van der Waals surface area (Å²) < 4.78 is 2.00. The summed E-state index contributed by atoms with van der Waals surface area (Å²) in [5.41, 5.74) is 0. The number of rotatable bonds is 1. The molecule has 0 fully saturated rings. The molecule has 12 heavy (non-hydrogen) atoms. The van der Waals surface area contributed by atoms with Crippen LogP contribution in [0, 0.1) is 0 Å². The number of hydrogen-bond acceptors (Lipinski definition) is 2. The maximum Gasteiger partial charge on any atom is 0.316 e.